The maximum Gasteiger partial charge on any atom is 0.270 e. The van der Waals surface area contributed by atoms with E-state index in [4.69, 9.17) is 0 Å². The van der Waals surface area contributed by atoms with Gasteiger partial charge < -0.3 is 10.2 Å². The zero-order chi connectivity index (χ0) is 21.1. The van der Waals surface area contributed by atoms with Gasteiger partial charge in [-0.25, -0.2) is 4.39 Å². The predicted molar refractivity (Wildman–Crippen MR) is 118 cm³/mol. The number of amides is 1. The van der Waals surface area contributed by atoms with E-state index in [2.05, 4.69) is 46.2 Å². The highest BCUT2D eigenvalue weighted by Crippen LogP contribution is 2.25. The van der Waals surface area contributed by atoms with Crippen LogP contribution in [0.3, 0.4) is 0 Å². The number of aromatic nitrogens is 1. The lowest BCUT2D eigenvalue weighted by Gasteiger charge is -2.36. The molecule has 0 bridgehead atoms. The largest absolute Gasteiger partial charge is 0.345 e. The highest BCUT2D eigenvalue weighted by Gasteiger charge is 2.32. The number of rotatable bonds is 5. The summed E-state index contributed by atoms with van der Waals surface area (Å²) in [5.74, 6) is 0.231. The van der Waals surface area contributed by atoms with Gasteiger partial charge in [0.05, 0.1) is 6.04 Å². The number of fused-ring (bicyclic) bond motifs is 1. The van der Waals surface area contributed by atoms with Gasteiger partial charge in [0.1, 0.15) is 11.9 Å². The molecule has 1 saturated heterocycles. The van der Waals surface area contributed by atoms with E-state index in [1.807, 2.05) is 18.2 Å². The molecule has 0 spiro atoms. The van der Waals surface area contributed by atoms with Gasteiger partial charge in [-0.1, -0.05) is 32.0 Å². The van der Waals surface area contributed by atoms with Crippen molar-refractivity contribution in [1.29, 1.82) is 0 Å². The molecular formula is C24H29FN4O. The second-order valence-electron chi connectivity index (χ2n) is 8.63. The molecule has 2 atom stereocenters. The van der Waals surface area contributed by atoms with Crippen molar-refractivity contribution >= 4 is 11.6 Å². The summed E-state index contributed by atoms with van der Waals surface area (Å²) in [5, 5.41) is 2.93. The Balaban J connectivity index is 1.49. The van der Waals surface area contributed by atoms with E-state index in [0.29, 0.717) is 31.1 Å². The molecule has 1 aromatic carbocycles. The Morgan fingerprint density at radius 1 is 1.30 bits per heavy atom. The second kappa shape index (κ2) is 9.04. The van der Waals surface area contributed by atoms with E-state index in [9.17, 15) is 9.18 Å². The van der Waals surface area contributed by atoms with Crippen molar-refractivity contribution in [3.8, 4) is 11.1 Å². The lowest BCUT2D eigenvalue weighted by atomic mass is 9.92. The number of aliphatic imine (C=N–C) groups is 1. The molecule has 2 aromatic rings. The molecule has 1 aromatic heterocycles. The number of nitrogens with zero attached hydrogens (tertiary/aromatic N) is 3. The van der Waals surface area contributed by atoms with E-state index in [-0.39, 0.29) is 5.91 Å². The van der Waals surface area contributed by atoms with Crippen LogP contribution in [-0.2, 0) is 11.2 Å². The number of piperidine rings is 1. The number of likely N-dealkylation sites (tertiary alicyclic amines) is 1. The van der Waals surface area contributed by atoms with Crippen LogP contribution in [0.4, 0.5) is 4.39 Å². The first-order chi connectivity index (χ1) is 14.5. The lowest BCUT2D eigenvalue weighted by molar-refractivity contribution is -0.116. The van der Waals surface area contributed by atoms with Crippen molar-refractivity contribution < 1.29 is 9.18 Å². The van der Waals surface area contributed by atoms with Crippen LogP contribution in [0.2, 0.25) is 0 Å². The van der Waals surface area contributed by atoms with Crippen LogP contribution in [0, 0.1) is 5.92 Å². The SMILES string of the molecule is CC(C)CN1CC[C@@H](NC(=O)C2=NCCc3ccc(-c4cccnc4)cc32)[C@@H](F)C1. The summed E-state index contributed by atoms with van der Waals surface area (Å²) in [5.41, 5.74) is 4.35. The van der Waals surface area contributed by atoms with Crippen molar-refractivity contribution in [1.82, 2.24) is 15.2 Å². The molecule has 158 valence electrons. The minimum atomic E-state index is -1.06. The Kier molecular flexibility index (Phi) is 6.23. The smallest absolute Gasteiger partial charge is 0.270 e. The van der Waals surface area contributed by atoms with Crippen LogP contribution >= 0.6 is 0 Å². The fourth-order valence-corrected chi connectivity index (χ4v) is 4.34. The Morgan fingerprint density at radius 2 is 2.17 bits per heavy atom. The number of alkyl halides is 1. The van der Waals surface area contributed by atoms with Gasteiger partial charge in [0.25, 0.3) is 5.91 Å². The number of benzene rings is 1. The van der Waals surface area contributed by atoms with Crippen LogP contribution < -0.4 is 5.32 Å². The van der Waals surface area contributed by atoms with Crippen molar-refractivity contribution in [3.05, 3.63) is 53.9 Å². The molecular weight excluding hydrogens is 379 g/mol. The summed E-state index contributed by atoms with van der Waals surface area (Å²) in [7, 11) is 0. The zero-order valence-electron chi connectivity index (χ0n) is 17.6. The van der Waals surface area contributed by atoms with Crippen molar-refractivity contribution in [2.75, 3.05) is 26.2 Å². The number of hydrogen-bond acceptors (Lipinski definition) is 4. The van der Waals surface area contributed by atoms with Crippen LogP contribution in [0.1, 0.15) is 31.4 Å². The van der Waals surface area contributed by atoms with Crippen molar-refractivity contribution in [2.24, 2.45) is 10.9 Å². The summed E-state index contributed by atoms with van der Waals surface area (Å²) in [6, 6.07) is 9.54. The van der Waals surface area contributed by atoms with Gasteiger partial charge >= 0.3 is 0 Å². The van der Waals surface area contributed by atoms with Gasteiger partial charge in [-0.2, -0.15) is 0 Å². The van der Waals surface area contributed by atoms with Crippen LogP contribution in [-0.4, -0.2) is 59.9 Å². The normalized spacial score (nSPS) is 21.8. The molecule has 0 unspecified atom stereocenters. The van der Waals surface area contributed by atoms with Gasteiger partial charge in [0, 0.05) is 49.7 Å². The zero-order valence-corrected chi connectivity index (χ0v) is 17.6. The third-order valence-electron chi connectivity index (χ3n) is 5.79. The molecule has 5 nitrogen and oxygen atoms in total. The maximum absolute atomic E-state index is 14.8. The standard InChI is InChI=1S/C24H29FN4O/c1-16(2)14-29-11-8-22(21(25)15-29)28-24(30)23-20-12-18(19-4-3-9-26-13-19)6-5-17(20)7-10-27-23/h3-6,9,12-13,16,21-22H,7-8,10-11,14-15H2,1-2H3,(H,28,30)/t21-,22+/m0/s1. The van der Waals surface area contributed by atoms with Crippen LogP contribution in [0.15, 0.2) is 47.7 Å². The third-order valence-corrected chi connectivity index (χ3v) is 5.79. The summed E-state index contributed by atoms with van der Waals surface area (Å²) in [6.45, 7) is 6.92. The van der Waals surface area contributed by atoms with Gasteiger partial charge in [-0.3, -0.25) is 14.8 Å². The molecule has 1 amide bonds. The predicted octanol–water partition coefficient (Wildman–Crippen LogP) is 3.28. The van der Waals surface area contributed by atoms with Gasteiger partial charge in [-0.15, -0.1) is 0 Å². The summed E-state index contributed by atoms with van der Waals surface area (Å²) in [4.78, 5) is 23.9. The summed E-state index contributed by atoms with van der Waals surface area (Å²) < 4.78 is 14.8. The van der Waals surface area contributed by atoms with Crippen molar-refractivity contribution in [2.45, 2.75) is 38.9 Å². The monoisotopic (exact) mass is 408 g/mol. The first-order valence-electron chi connectivity index (χ1n) is 10.8. The van der Waals surface area contributed by atoms with E-state index in [1.54, 1.807) is 12.4 Å². The minimum absolute atomic E-state index is 0.274. The molecule has 4 rings (SSSR count). The lowest BCUT2D eigenvalue weighted by Crippen LogP contribution is -2.54. The first kappa shape index (κ1) is 20.7. The Labute approximate surface area is 177 Å². The molecule has 0 aliphatic carbocycles. The third kappa shape index (κ3) is 4.59. The summed E-state index contributed by atoms with van der Waals surface area (Å²) >= 11 is 0. The fraction of sp³-hybridized carbons (Fsp3) is 0.458. The average Bonchev–Trinajstić information content (AvgIpc) is 2.75. The molecule has 6 heteroatoms. The molecule has 3 heterocycles. The molecule has 0 saturated carbocycles. The van der Waals surface area contributed by atoms with Crippen molar-refractivity contribution in [3.63, 3.8) is 0 Å². The van der Waals surface area contributed by atoms with E-state index < -0.39 is 12.2 Å². The molecule has 2 aliphatic rings. The molecule has 30 heavy (non-hydrogen) atoms. The highest BCUT2D eigenvalue weighted by molar-refractivity contribution is 6.46. The molecule has 0 radical (unpaired) electrons. The Bertz CT molecular complexity index is 928. The van der Waals surface area contributed by atoms with Gasteiger partial charge in [0.2, 0.25) is 0 Å². The number of carbonyl (C=O) groups excluding carboxylic acids is 1. The number of nitrogens with one attached hydrogen (secondary N) is 1. The van der Waals surface area contributed by atoms with E-state index in [0.717, 1.165) is 41.8 Å². The Hall–Kier alpha value is -2.60. The fourth-order valence-electron chi connectivity index (χ4n) is 4.34. The van der Waals surface area contributed by atoms with Gasteiger partial charge in [0.15, 0.2) is 0 Å². The topological polar surface area (TPSA) is 57.6 Å². The number of carbonyl (C=O) groups is 1. The number of hydrogen-bond donors (Lipinski definition) is 1. The average molecular weight is 409 g/mol. The Morgan fingerprint density at radius 3 is 2.90 bits per heavy atom. The minimum Gasteiger partial charge on any atom is -0.345 e. The maximum atomic E-state index is 14.8. The molecule has 1 fully saturated rings. The highest BCUT2D eigenvalue weighted by atomic mass is 19.1. The number of pyridine rings is 1. The van der Waals surface area contributed by atoms with Crippen LogP contribution in [0.5, 0.6) is 0 Å². The number of halogens is 1. The molecule has 1 N–H and O–H groups in total. The summed E-state index contributed by atoms with van der Waals surface area (Å²) in [6.07, 6.45) is 3.91. The second-order valence-corrected chi connectivity index (χ2v) is 8.63. The van der Waals surface area contributed by atoms with E-state index >= 15 is 0 Å². The molecule has 2 aliphatic heterocycles. The van der Waals surface area contributed by atoms with E-state index in [1.165, 1.54) is 0 Å². The van der Waals surface area contributed by atoms with Crippen LogP contribution in [0.25, 0.3) is 11.1 Å². The van der Waals surface area contributed by atoms with Gasteiger partial charge in [-0.05, 0) is 42.0 Å². The quantitative estimate of drug-likeness (QED) is 0.826. The first-order valence-corrected chi connectivity index (χ1v) is 10.8.